The van der Waals surface area contributed by atoms with Crippen LogP contribution in [0.5, 0.6) is 5.75 Å². The summed E-state index contributed by atoms with van der Waals surface area (Å²) in [7, 11) is -6.47. The predicted octanol–water partition coefficient (Wildman–Crippen LogP) is 5.23. The van der Waals surface area contributed by atoms with Crippen LogP contribution in [0.1, 0.15) is 29.6 Å². The molecule has 0 unspecified atom stereocenters. The van der Waals surface area contributed by atoms with E-state index < -0.39 is 26.0 Å². The molecular weight excluding hydrogens is 573 g/mol. The van der Waals surface area contributed by atoms with Crippen molar-refractivity contribution in [1.82, 2.24) is 4.31 Å². The third-order valence-corrected chi connectivity index (χ3v) is 9.90. The maximum Gasteiger partial charge on any atom is 0.262 e. The number of nitrogens with zero attached hydrogens (tertiary/aromatic N) is 1. The Hall–Kier alpha value is -2.83. The number of ether oxygens (including phenoxy) is 1. The van der Waals surface area contributed by atoms with Gasteiger partial charge in [0.25, 0.3) is 15.9 Å². The van der Waals surface area contributed by atoms with Gasteiger partial charge < -0.3 is 10.1 Å². The smallest absolute Gasteiger partial charge is 0.262 e. The SMILES string of the molecule is COc1ccccc1NS(=O)(=O)c1ccc(Cl)c(NC(=O)c2cc(S(=O)(=O)N3CCCCC3)ccc2Cl)c1. The molecule has 1 aliphatic rings. The third-order valence-electron chi connectivity index (χ3n) is 5.98. The number of amides is 1. The lowest BCUT2D eigenvalue weighted by Gasteiger charge is -2.26. The lowest BCUT2D eigenvalue weighted by atomic mass is 10.2. The largest absolute Gasteiger partial charge is 0.495 e. The van der Waals surface area contributed by atoms with E-state index in [1.54, 1.807) is 24.3 Å². The molecule has 0 bridgehead atoms. The van der Waals surface area contributed by atoms with Crippen LogP contribution in [0.25, 0.3) is 0 Å². The first kappa shape index (κ1) is 28.2. The monoisotopic (exact) mass is 597 g/mol. The molecule has 4 rings (SSSR count). The average molecular weight is 599 g/mol. The van der Waals surface area contributed by atoms with Gasteiger partial charge in [-0.05, 0) is 61.4 Å². The molecule has 0 aliphatic carbocycles. The molecule has 0 radical (unpaired) electrons. The molecule has 202 valence electrons. The van der Waals surface area contributed by atoms with Gasteiger partial charge in [0.05, 0.1) is 43.9 Å². The Labute approximate surface area is 231 Å². The van der Waals surface area contributed by atoms with Gasteiger partial charge in [-0.15, -0.1) is 0 Å². The van der Waals surface area contributed by atoms with Gasteiger partial charge in [-0.3, -0.25) is 9.52 Å². The molecule has 1 fully saturated rings. The Morgan fingerprint density at radius 1 is 0.842 bits per heavy atom. The Bertz CT molecular complexity index is 1570. The number of carbonyl (C=O) groups is 1. The predicted molar refractivity (Wildman–Crippen MR) is 147 cm³/mol. The van der Waals surface area contributed by atoms with Crippen LogP contribution in [0.3, 0.4) is 0 Å². The molecule has 0 saturated carbocycles. The van der Waals surface area contributed by atoms with E-state index in [9.17, 15) is 21.6 Å². The van der Waals surface area contributed by atoms with Crippen LogP contribution in [0.15, 0.2) is 70.5 Å². The fourth-order valence-corrected chi connectivity index (χ4v) is 6.99. The zero-order chi connectivity index (χ0) is 27.5. The normalized spacial score (nSPS) is 14.6. The Balaban J connectivity index is 1.60. The summed E-state index contributed by atoms with van der Waals surface area (Å²) >= 11 is 12.5. The van der Waals surface area contributed by atoms with Crippen LogP contribution >= 0.6 is 23.2 Å². The van der Waals surface area contributed by atoms with Crippen LogP contribution in [0.4, 0.5) is 11.4 Å². The summed E-state index contributed by atoms with van der Waals surface area (Å²) in [5.41, 5.74) is 0.134. The molecule has 1 amide bonds. The number of carbonyl (C=O) groups excluding carboxylic acids is 1. The van der Waals surface area contributed by atoms with E-state index >= 15 is 0 Å². The fraction of sp³-hybridized carbons (Fsp3) is 0.240. The zero-order valence-electron chi connectivity index (χ0n) is 20.3. The Morgan fingerprint density at radius 2 is 1.50 bits per heavy atom. The van der Waals surface area contributed by atoms with E-state index in [4.69, 9.17) is 27.9 Å². The van der Waals surface area contributed by atoms with Gasteiger partial charge in [0, 0.05) is 13.1 Å². The zero-order valence-corrected chi connectivity index (χ0v) is 23.4. The molecule has 1 heterocycles. The lowest BCUT2D eigenvalue weighted by Crippen LogP contribution is -2.35. The number of benzene rings is 3. The molecule has 1 aliphatic heterocycles. The van der Waals surface area contributed by atoms with Gasteiger partial charge in [-0.25, -0.2) is 16.8 Å². The van der Waals surface area contributed by atoms with Crippen molar-refractivity contribution in [3.05, 3.63) is 76.3 Å². The summed E-state index contributed by atoms with van der Waals surface area (Å²) in [6.07, 6.45) is 2.50. The van der Waals surface area contributed by atoms with Gasteiger partial charge in [0.2, 0.25) is 10.0 Å². The highest BCUT2D eigenvalue weighted by Crippen LogP contribution is 2.31. The van der Waals surface area contributed by atoms with Crippen molar-refractivity contribution in [2.75, 3.05) is 30.2 Å². The number of nitrogens with one attached hydrogen (secondary N) is 2. The molecule has 0 aromatic heterocycles. The average Bonchev–Trinajstić information content (AvgIpc) is 2.90. The molecule has 0 atom stereocenters. The van der Waals surface area contributed by atoms with Crippen molar-refractivity contribution in [1.29, 1.82) is 0 Å². The maximum absolute atomic E-state index is 13.1. The summed E-state index contributed by atoms with van der Waals surface area (Å²) < 4.78 is 61.3. The minimum Gasteiger partial charge on any atom is -0.495 e. The molecule has 13 heteroatoms. The Kier molecular flexibility index (Phi) is 8.53. The maximum atomic E-state index is 13.1. The number of hydrogen-bond acceptors (Lipinski definition) is 6. The fourth-order valence-electron chi connectivity index (χ4n) is 3.98. The summed E-state index contributed by atoms with van der Waals surface area (Å²) in [5, 5.41) is 2.64. The molecule has 9 nitrogen and oxygen atoms in total. The van der Waals surface area contributed by atoms with Crippen LogP contribution in [-0.4, -0.2) is 47.2 Å². The minimum absolute atomic E-state index is 0.0000688. The summed E-state index contributed by atoms with van der Waals surface area (Å²) in [6, 6.07) is 14.2. The number of para-hydroxylation sites is 2. The number of halogens is 2. The number of hydrogen-bond donors (Lipinski definition) is 2. The first-order valence-electron chi connectivity index (χ1n) is 11.6. The highest BCUT2D eigenvalue weighted by atomic mass is 35.5. The van der Waals surface area contributed by atoms with Gasteiger partial charge in [-0.1, -0.05) is 41.8 Å². The molecular formula is C25H25Cl2N3O6S2. The summed E-state index contributed by atoms with van der Waals surface area (Å²) in [5.74, 6) is -0.424. The Morgan fingerprint density at radius 3 is 2.21 bits per heavy atom. The molecule has 0 spiro atoms. The van der Waals surface area contributed by atoms with Crippen LogP contribution in [0.2, 0.25) is 10.0 Å². The topological polar surface area (TPSA) is 122 Å². The van der Waals surface area contributed by atoms with Gasteiger partial charge >= 0.3 is 0 Å². The van der Waals surface area contributed by atoms with E-state index in [1.165, 1.54) is 47.8 Å². The van der Waals surface area contributed by atoms with Crippen LogP contribution < -0.4 is 14.8 Å². The summed E-state index contributed by atoms with van der Waals surface area (Å²) in [4.78, 5) is 12.9. The van der Waals surface area contributed by atoms with E-state index in [0.29, 0.717) is 18.8 Å². The number of rotatable bonds is 8. The van der Waals surface area contributed by atoms with Gasteiger partial charge in [0.15, 0.2) is 0 Å². The van der Waals surface area contributed by atoms with Crippen molar-refractivity contribution >= 4 is 60.5 Å². The van der Waals surface area contributed by atoms with E-state index in [-0.39, 0.29) is 36.8 Å². The van der Waals surface area contributed by atoms with E-state index in [1.807, 2.05) is 0 Å². The molecule has 3 aromatic carbocycles. The first-order chi connectivity index (χ1) is 18.0. The van der Waals surface area contributed by atoms with E-state index in [2.05, 4.69) is 10.0 Å². The third kappa shape index (κ3) is 6.08. The standard InChI is InChI=1S/C25H25Cl2N3O6S2/c1-36-24-8-4-3-7-22(24)29-37(32,33)17-9-12-21(27)23(16-17)28-25(31)19-15-18(10-11-20(19)26)38(34,35)30-13-5-2-6-14-30/h3-4,7-12,15-16,29H,2,5-6,13-14H2,1H3,(H,28,31). The highest BCUT2D eigenvalue weighted by Gasteiger charge is 2.27. The minimum atomic E-state index is -4.08. The van der Waals surface area contributed by atoms with Gasteiger partial charge in [-0.2, -0.15) is 4.31 Å². The molecule has 1 saturated heterocycles. The summed E-state index contributed by atoms with van der Waals surface area (Å²) in [6.45, 7) is 0.818. The second-order valence-electron chi connectivity index (χ2n) is 8.51. The second-order valence-corrected chi connectivity index (χ2v) is 12.9. The lowest BCUT2D eigenvalue weighted by molar-refractivity contribution is 0.102. The van der Waals surface area contributed by atoms with Crippen molar-refractivity contribution < 1.29 is 26.4 Å². The number of sulfonamides is 2. The van der Waals surface area contributed by atoms with Crippen molar-refractivity contribution in [2.45, 2.75) is 29.1 Å². The molecule has 3 aromatic rings. The van der Waals surface area contributed by atoms with Crippen LogP contribution in [-0.2, 0) is 20.0 Å². The van der Waals surface area contributed by atoms with Gasteiger partial charge in [0.1, 0.15) is 5.75 Å². The quantitative estimate of drug-likeness (QED) is 0.366. The molecule has 2 N–H and O–H groups in total. The van der Waals surface area contributed by atoms with Crippen molar-refractivity contribution in [3.63, 3.8) is 0 Å². The number of anilines is 2. The second kappa shape index (κ2) is 11.5. The number of piperidine rings is 1. The van der Waals surface area contributed by atoms with E-state index in [0.717, 1.165) is 19.3 Å². The highest BCUT2D eigenvalue weighted by molar-refractivity contribution is 7.92. The van der Waals surface area contributed by atoms with Crippen molar-refractivity contribution in [2.24, 2.45) is 0 Å². The number of methoxy groups -OCH3 is 1. The van der Waals surface area contributed by atoms with Crippen LogP contribution in [0, 0.1) is 0 Å². The van der Waals surface area contributed by atoms with Crippen molar-refractivity contribution in [3.8, 4) is 5.75 Å². The molecule has 38 heavy (non-hydrogen) atoms. The first-order valence-corrected chi connectivity index (χ1v) is 15.3.